The predicted octanol–water partition coefficient (Wildman–Crippen LogP) is 1.76. The van der Waals surface area contributed by atoms with Crippen molar-refractivity contribution in [3.8, 4) is 0 Å². The van der Waals surface area contributed by atoms with Crippen molar-refractivity contribution in [1.82, 2.24) is 0 Å². The fourth-order valence-electron chi connectivity index (χ4n) is 0.295. The van der Waals surface area contributed by atoms with Gasteiger partial charge in [-0.05, 0) is 5.92 Å². The van der Waals surface area contributed by atoms with Gasteiger partial charge in [0.2, 0.25) is 0 Å². The number of hydrogen-bond donors (Lipinski definition) is 0. The lowest BCUT2D eigenvalue weighted by Gasteiger charge is -2.02. The SMILES string of the molecule is CCC(=O)O[CH]C(C)C. The molecule has 9 heavy (non-hydrogen) atoms. The van der Waals surface area contributed by atoms with Crippen LogP contribution in [-0.2, 0) is 9.53 Å². The van der Waals surface area contributed by atoms with Crippen molar-refractivity contribution in [2.24, 2.45) is 5.92 Å². The molecular formula is C7H13O2. The lowest BCUT2D eigenvalue weighted by Crippen LogP contribution is -2.02. The summed E-state index contributed by atoms with van der Waals surface area (Å²) in [7, 11) is 0. The molecule has 0 aromatic carbocycles. The summed E-state index contributed by atoms with van der Waals surface area (Å²) in [5.74, 6) is 0.157. The Hall–Kier alpha value is -0.530. The lowest BCUT2D eigenvalue weighted by atomic mass is 10.2. The molecule has 0 saturated heterocycles. The van der Waals surface area contributed by atoms with Crippen LogP contribution in [0, 0.1) is 12.5 Å². The molecule has 0 unspecified atom stereocenters. The minimum atomic E-state index is -0.163. The Balaban J connectivity index is 3.17. The van der Waals surface area contributed by atoms with Crippen molar-refractivity contribution in [3.63, 3.8) is 0 Å². The first-order chi connectivity index (χ1) is 4.16. The summed E-state index contributed by atoms with van der Waals surface area (Å²) in [5.41, 5.74) is 0. The number of ether oxygens (including phenoxy) is 1. The average molecular weight is 129 g/mol. The van der Waals surface area contributed by atoms with Crippen molar-refractivity contribution in [3.05, 3.63) is 6.61 Å². The van der Waals surface area contributed by atoms with Gasteiger partial charge in [0, 0.05) is 6.42 Å². The highest BCUT2D eigenvalue weighted by Crippen LogP contribution is 1.99. The highest BCUT2D eigenvalue weighted by atomic mass is 16.5. The van der Waals surface area contributed by atoms with Crippen LogP contribution in [0.3, 0.4) is 0 Å². The highest BCUT2D eigenvalue weighted by molar-refractivity contribution is 5.69. The average Bonchev–Trinajstić information content (AvgIpc) is 1.83. The van der Waals surface area contributed by atoms with Gasteiger partial charge in [0.1, 0.15) is 6.61 Å². The van der Waals surface area contributed by atoms with Gasteiger partial charge in [-0.3, -0.25) is 4.79 Å². The van der Waals surface area contributed by atoms with Crippen LogP contribution < -0.4 is 0 Å². The Morgan fingerprint density at radius 2 is 2.22 bits per heavy atom. The van der Waals surface area contributed by atoms with Crippen molar-refractivity contribution < 1.29 is 9.53 Å². The normalized spacial score (nSPS) is 9.78. The number of hydrogen-bond acceptors (Lipinski definition) is 2. The lowest BCUT2D eigenvalue weighted by molar-refractivity contribution is -0.140. The number of rotatable bonds is 3. The molecule has 0 aliphatic carbocycles. The molecule has 2 nitrogen and oxygen atoms in total. The van der Waals surface area contributed by atoms with Gasteiger partial charge in [-0.15, -0.1) is 0 Å². The fourth-order valence-corrected chi connectivity index (χ4v) is 0.295. The molecule has 0 N–H and O–H groups in total. The molecule has 0 aliphatic heterocycles. The molecule has 0 aromatic rings. The van der Waals surface area contributed by atoms with Crippen LogP contribution >= 0.6 is 0 Å². The first-order valence-corrected chi connectivity index (χ1v) is 3.19. The third-order valence-electron chi connectivity index (χ3n) is 0.760. The van der Waals surface area contributed by atoms with Gasteiger partial charge in [0.25, 0.3) is 0 Å². The van der Waals surface area contributed by atoms with Crippen LogP contribution in [0.4, 0.5) is 0 Å². The second-order valence-electron chi connectivity index (χ2n) is 2.22. The molecule has 53 valence electrons. The molecule has 0 rings (SSSR count). The Morgan fingerprint density at radius 3 is 2.56 bits per heavy atom. The third-order valence-corrected chi connectivity index (χ3v) is 0.760. The zero-order chi connectivity index (χ0) is 7.28. The molecule has 2 heteroatoms. The molecule has 0 spiro atoms. The van der Waals surface area contributed by atoms with E-state index in [9.17, 15) is 4.79 Å². The van der Waals surface area contributed by atoms with E-state index < -0.39 is 0 Å². The Labute approximate surface area is 56.2 Å². The van der Waals surface area contributed by atoms with Crippen LogP contribution in [0.5, 0.6) is 0 Å². The maximum absolute atomic E-state index is 10.5. The second kappa shape index (κ2) is 4.36. The molecular weight excluding hydrogens is 116 g/mol. The van der Waals surface area contributed by atoms with Crippen molar-refractivity contribution in [2.75, 3.05) is 0 Å². The Bertz CT molecular complexity index is 86.9. The maximum Gasteiger partial charge on any atom is 0.305 e. The molecule has 0 bridgehead atoms. The summed E-state index contributed by atoms with van der Waals surface area (Å²) in [5, 5.41) is 0. The van der Waals surface area contributed by atoms with Gasteiger partial charge < -0.3 is 4.74 Å². The van der Waals surface area contributed by atoms with Crippen LogP contribution in [0.15, 0.2) is 0 Å². The smallest absolute Gasteiger partial charge is 0.305 e. The zero-order valence-electron chi connectivity index (χ0n) is 6.18. The van der Waals surface area contributed by atoms with E-state index in [1.54, 1.807) is 13.5 Å². The van der Waals surface area contributed by atoms with Crippen LogP contribution in [0.25, 0.3) is 0 Å². The molecule has 1 radical (unpaired) electrons. The number of carbonyl (C=O) groups excluding carboxylic acids is 1. The van der Waals surface area contributed by atoms with E-state index in [0.29, 0.717) is 12.3 Å². The van der Waals surface area contributed by atoms with Gasteiger partial charge in [-0.25, -0.2) is 0 Å². The second-order valence-corrected chi connectivity index (χ2v) is 2.22. The van der Waals surface area contributed by atoms with E-state index in [1.807, 2.05) is 13.8 Å². The molecule has 0 fully saturated rings. The van der Waals surface area contributed by atoms with E-state index in [2.05, 4.69) is 4.74 Å². The van der Waals surface area contributed by atoms with Gasteiger partial charge in [-0.1, -0.05) is 20.8 Å². The van der Waals surface area contributed by atoms with E-state index in [1.165, 1.54) is 0 Å². The summed E-state index contributed by atoms with van der Waals surface area (Å²) < 4.78 is 4.69. The molecule has 0 heterocycles. The van der Waals surface area contributed by atoms with E-state index in [0.717, 1.165) is 0 Å². The van der Waals surface area contributed by atoms with Crippen LogP contribution in [0.1, 0.15) is 27.2 Å². The summed E-state index contributed by atoms with van der Waals surface area (Å²) >= 11 is 0. The quantitative estimate of drug-likeness (QED) is 0.543. The summed E-state index contributed by atoms with van der Waals surface area (Å²) in [6.07, 6.45) is 0.448. The number of esters is 1. The van der Waals surface area contributed by atoms with E-state index in [-0.39, 0.29) is 5.97 Å². The van der Waals surface area contributed by atoms with Gasteiger partial charge in [0.05, 0.1) is 0 Å². The minimum Gasteiger partial charge on any atom is -0.458 e. The summed E-state index contributed by atoms with van der Waals surface area (Å²) in [6.45, 7) is 7.24. The summed E-state index contributed by atoms with van der Waals surface area (Å²) in [6, 6.07) is 0. The predicted molar refractivity (Wildman–Crippen MR) is 35.5 cm³/mol. The van der Waals surface area contributed by atoms with E-state index >= 15 is 0 Å². The molecule has 0 atom stereocenters. The molecule has 0 amide bonds. The monoisotopic (exact) mass is 129 g/mol. The topological polar surface area (TPSA) is 26.3 Å². The Kier molecular flexibility index (Phi) is 4.10. The van der Waals surface area contributed by atoms with Crippen LogP contribution in [0.2, 0.25) is 0 Å². The zero-order valence-corrected chi connectivity index (χ0v) is 6.18. The van der Waals surface area contributed by atoms with Crippen molar-refractivity contribution >= 4 is 5.97 Å². The van der Waals surface area contributed by atoms with Crippen molar-refractivity contribution in [2.45, 2.75) is 27.2 Å². The fraction of sp³-hybridized carbons (Fsp3) is 0.714. The molecule has 0 aliphatic rings. The third kappa shape index (κ3) is 5.34. The Morgan fingerprint density at radius 1 is 1.67 bits per heavy atom. The van der Waals surface area contributed by atoms with Crippen molar-refractivity contribution in [1.29, 1.82) is 0 Å². The molecule has 0 saturated carbocycles. The maximum atomic E-state index is 10.5. The van der Waals surface area contributed by atoms with Gasteiger partial charge in [0.15, 0.2) is 0 Å². The van der Waals surface area contributed by atoms with Gasteiger partial charge >= 0.3 is 5.97 Å². The highest BCUT2D eigenvalue weighted by Gasteiger charge is 1.99. The van der Waals surface area contributed by atoms with Gasteiger partial charge in [-0.2, -0.15) is 0 Å². The standard InChI is InChI=1S/C7H13O2/c1-4-7(8)9-5-6(2)3/h5-6H,4H2,1-3H3. The summed E-state index contributed by atoms with van der Waals surface area (Å²) in [4.78, 5) is 10.5. The largest absolute Gasteiger partial charge is 0.458 e. The molecule has 0 aromatic heterocycles. The minimum absolute atomic E-state index is 0.163. The first-order valence-electron chi connectivity index (χ1n) is 3.19. The van der Waals surface area contributed by atoms with Crippen LogP contribution in [-0.4, -0.2) is 5.97 Å². The van der Waals surface area contributed by atoms with E-state index in [4.69, 9.17) is 0 Å². The number of carbonyl (C=O) groups is 1. The first kappa shape index (κ1) is 8.47.